The van der Waals surface area contributed by atoms with Crippen molar-refractivity contribution in [3.8, 4) is 0 Å². The molecular weight excluding hydrogens is 303 g/mol. The van der Waals surface area contributed by atoms with E-state index in [0.717, 1.165) is 31.5 Å². The third-order valence-corrected chi connectivity index (χ3v) is 6.86. The predicted octanol–water partition coefficient (Wildman–Crippen LogP) is 2.07. The van der Waals surface area contributed by atoms with Gasteiger partial charge in [-0.3, -0.25) is 4.90 Å². The second-order valence-electron chi connectivity index (χ2n) is 6.54. The first-order chi connectivity index (χ1) is 10.4. The Morgan fingerprint density at radius 3 is 2.64 bits per heavy atom. The van der Waals surface area contributed by atoms with Crippen molar-refractivity contribution in [3.63, 3.8) is 0 Å². The van der Waals surface area contributed by atoms with Gasteiger partial charge in [-0.1, -0.05) is 18.2 Å². The van der Waals surface area contributed by atoms with E-state index in [9.17, 15) is 12.8 Å². The highest BCUT2D eigenvalue weighted by atomic mass is 32.2. The van der Waals surface area contributed by atoms with Gasteiger partial charge in [-0.25, -0.2) is 17.1 Å². The molecule has 1 aromatic rings. The van der Waals surface area contributed by atoms with Crippen LogP contribution in [0, 0.1) is 11.2 Å². The van der Waals surface area contributed by atoms with Crippen molar-refractivity contribution in [3.05, 3.63) is 35.6 Å². The summed E-state index contributed by atoms with van der Waals surface area (Å²) in [5.74, 6) is 0.00669. The van der Waals surface area contributed by atoms with Crippen molar-refractivity contribution < 1.29 is 12.8 Å². The molecule has 2 fully saturated rings. The fraction of sp³-hybridized carbons (Fsp3) is 0.625. The smallest absolute Gasteiger partial charge is 0.213 e. The van der Waals surface area contributed by atoms with E-state index in [1.807, 2.05) is 12.1 Å². The summed E-state index contributed by atoms with van der Waals surface area (Å²) in [4.78, 5) is 2.25. The van der Waals surface area contributed by atoms with Crippen molar-refractivity contribution >= 4 is 10.0 Å². The number of hydrogen-bond acceptors (Lipinski definition) is 3. The minimum absolute atomic E-state index is 0.0630. The van der Waals surface area contributed by atoms with Crippen molar-refractivity contribution in [1.82, 2.24) is 9.21 Å². The zero-order valence-corrected chi connectivity index (χ0v) is 13.8. The molecule has 6 heteroatoms. The van der Waals surface area contributed by atoms with Crippen LogP contribution in [0.25, 0.3) is 0 Å². The van der Waals surface area contributed by atoms with Crippen LogP contribution < -0.4 is 0 Å². The maximum absolute atomic E-state index is 13.8. The molecule has 1 spiro atoms. The lowest BCUT2D eigenvalue weighted by molar-refractivity contribution is 0.258. The second-order valence-corrected chi connectivity index (χ2v) is 8.79. The SMILES string of the molecule is CCS(=O)(=O)N1CC[C@]2(CCN(Cc3ccccc3F)C2)C1. The van der Waals surface area contributed by atoms with Gasteiger partial charge in [0, 0.05) is 31.7 Å². The quantitative estimate of drug-likeness (QED) is 0.850. The molecule has 0 aromatic heterocycles. The fourth-order valence-electron chi connectivity index (χ4n) is 3.68. The topological polar surface area (TPSA) is 40.6 Å². The van der Waals surface area contributed by atoms with Gasteiger partial charge in [0.2, 0.25) is 10.0 Å². The van der Waals surface area contributed by atoms with Crippen LogP contribution in [0.2, 0.25) is 0 Å². The van der Waals surface area contributed by atoms with E-state index in [0.29, 0.717) is 19.6 Å². The van der Waals surface area contributed by atoms with Crippen LogP contribution in [-0.2, 0) is 16.6 Å². The summed E-state index contributed by atoms with van der Waals surface area (Å²) in [6, 6.07) is 6.87. The van der Waals surface area contributed by atoms with Gasteiger partial charge >= 0.3 is 0 Å². The van der Waals surface area contributed by atoms with E-state index >= 15 is 0 Å². The molecule has 4 nitrogen and oxygen atoms in total. The Labute approximate surface area is 132 Å². The second kappa shape index (κ2) is 5.91. The van der Waals surface area contributed by atoms with Crippen molar-refractivity contribution in [2.24, 2.45) is 5.41 Å². The zero-order valence-electron chi connectivity index (χ0n) is 13.0. The van der Waals surface area contributed by atoms with E-state index in [2.05, 4.69) is 4.90 Å². The van der Waals surface area contributed by atoms with Crippen LogP contribution in [0.4, 0.5) is 4.39 Å². The average molecular weight is 326 g/mol. The van der Waals surface area contributed by atoms with E-state index < -0.39 is 10.0 Å². The number of nitrogens with zero attached hydrogens (tertiary/aromatic N) is 2. The van der Waals surface area contributed by atoms with Crippen LogP contribution in [0.1, 0.15) is 25.3 Å². The first-order valence-corrected chi connectivity index (χ1v) is 9.49. The normalized spacial score (nSPS) is 27.0. The van der Waals surface area contributed by atoms with Gasteiger partial charge in [-0.2, -0.15) is 0 Å². The molecule has 0 aliphatic carbocycles. The minimum Gasteiger partial charge on any atom is -0.298 e. The molecule has 0 unspecified atom stereocenters. The lowest BCUT2D eigenvalue weighted by atomic mass is 9.86. The molecule has 3 rings (SSSR count). The Kier molecular flexibility index (Phi) is 4.27. The lowest BCUT2D eigenvalue weighted by Crippen LogP contribution is -2.34. The molecule has 2 heterocycles. The number of halogens is 1. The molecule has 22 heavy (non-hydrogen) atoms. The third-order valence-electron chi connectivity index (χ3n) is 5.03. The number of likely N-dealkylation sites (tertiary alicyclic amines) is 1. The minimum atomic E-state index is -3.09. The van der Waals surface area contributed by atoms with Gasteiger partial charge in [-0.05, 0) is 37.8 Å². The lowest BCUT2D eigenvalue weighted by Gasteiger charge is -2.24. The summed E-state index contributed by atoms with van der Waals surface area (Å²) in [6.07, 6.45) is 1.91. The summed E-state index contributed by atoms with van der Waals surface area (Å²) in [6.45, 7) is 5.32. The van der Waals surface area contributed by atoms with Crippen LogP contribution >= 0.6 is 0 Å². The van der Waals surface area contributed by atoms with E-state index in [-0.39, 0.29) is 17.0 Å². The van der Waals surface area contributed by atoms with Gasteiger partial charge in [0.1, 0.15) is 5.82 Å². The molecule has 0 saturated carbocycles. The van der Waals surface area contributed by atoms with Crippen molar-refractivity contribution in [2.45, 2.75) is 26.3 Å². The predicted molar refractivity (Wildman–Crippen MR) is 84.4 cm³/mol. The Balaban J connectivity index is 1.65. The summed E-state index contributed by atoms with van der Waals surface area (Å²) in [5, 5.41) is 0. The van der Waals surface area contributed by atoms with Crippen LogP contribution in [-0.4, -0.2) is 49.6 Å². The standard InChI is InChI=1S/C16H23FN2O2S/c1-2-22(20,21)19-10-8-16(13-19)7-9-18(12-16)11-14-5-3-4-6-15(14)17/h3-6H,2,7-13H2,1H3/t16-/m0/s1. The first kappa shape index (κ1) is 15.9. The zero-order chi connectivity index (χ0) is 15.8. The van der Waals surface area contributed by atoms with Crippen LogP contribution in [0.5, 0.6) is 0 Å². The van der Waals surface area contributed by atoms with Crippen molar-refractivity contribution in [2.75, 3.05) is 31.9 Å². The molecule has 0 amide bonds. The maximum Gasteiger partial charge on any atom is 0.213 e. The Morgan fingerprint density at radius 1 is 1.18 bits per heavy atom. The molecule has 2 saturated heterocycles. The van der Waals surface area contributed by atoms with Gasteiger partial charge in [0.15, 0.2) is 0 Å². The Hall–Kier alpha value is -0.980. The van der Waals surface area contributed by atoms with E-state index in [1.54, 1.807) is 17.3 Å². The molecule has 2 aliphatic rings. The highest BCUT2D eigenvalue weighted by Crippen LogP contribution is 2.40. The summed E-state index contributed by atoms with van der Waals surface area (Å²) in [7, 11) is -3.09. The first-order valence-electron chi connectivity index (χ1n) is 7.88. The summed E-state index contributed by atoms with van der Waals surface area (Å²) < 4.78 is 39.4. The fourth-order valence-corrected chi connectivity index (χ4v) is 4.88. The summed E-state index contributed by atoms with van der Waals surface area (Å²) >= 11 is 0. The third kappa shape index (κ3) is 3.05. The Bertz CT molecular complexity index is 649. The van der Waals surface area contributed by atoms with Gasteiger partial charge < -0.3 is 0 Å². The molecule has 0 radical (unpaired) electrons. The van der Waals surface area contributed by atoms with Crippen molar-refractivity contribution in [1.29, 1.82) is 0 Å². The monoisotopic (exact) mass is 326 g/mol. The van der Waals surface area contributed by atoms with Gasteiger partial charge in [-0.15, -0.1) is 0 Å². The van der Waals surface area contributed by atoms with Crippen LogP contribution in [0.15, 0.2) is 24.3 Å². The van der Waals surface area contributed by atoms with E-state index in [1.165, 1.54) is 6.07 Å². The number of rotatable bonds is 4. The van der Waals surface area contributed by atoms with E-state index in [4.69, 9.17) is 0 Å². The van der Waals surface area contributed by atoms with Gasteiger partial charge in [0.05, 0.1) is 5.75 Å². The van der Waals surface area contributed by atoms with Gasteiger partial charge in [0.25, 0.3) is 0 Å². The molecule has 122 valence electrons. The number of sulfonamides is 1. The number of benzene rings is 1. The molecule has 0 bridgehead atoms. The largest absolute Gasteiger partial charge is 0.298 e. The molecule has 0 N–H and O–H groups in total. The average Bonchev–Trinajstić information content (AvgIpc) is 3.10. The van der Waals surface area contributed by atoms with Crippen LogP contribution in [0.3, 0.4) is 0 Å². The molecule has 1 atom stereocenters. The maximum atomic E-state index is 13.8. The highest BCUT2D eigenvalue weighted by molar-refractivity contribution is 7.89. The molecule has 1 aromatic carbocycles. The number of hydrogen-bond donors (Lipinski definition) is 0. The molecular formula is C16H23FN2O2S. The highest BCUT2D eigenvalue weighted by Gasteiger charge is 2.46. The summed E-state index contributed by atoms with van der Waals surface area (Å²) in [5.41, 5.74) is 0.781. The molecule has 2 aliphatic heterocycles. The Morgan fingerprint density at radius 2 is 1.91 bits per heavy atom.